The van der Waals surface area contributed by atoms with Crippen LogP contribution in [0.4, 0.5) is 4.79 Å². The molecule has 5 rings (SSSR count). The first-order valence-corrected chi connectivity index (χ1v) is 18.2. The number of rotatable bonds is 17. The number of carbonyl (C=O) groups is 1. The summed E-state index contributed by atoms with van der Waals surface area (Å²) in [6.07, 6.45) is 2.83. The van der Waals surface area contributed by atoms with Crippen molar-refractivity contribution in [2.75, 3.05) is 80.2 Å². The van der Waals surface area contributed by atoms with Crippen LogP contribution >= 0.6 is 0 Å². The highest BCUT2D eigenvalue weighted by atomic mass is 16.7. The third-order valence-electron chi connectivity index (χ3n) is 11.9. The molecule has 6 unspecified atom stereocenters. The van der Waals surface area contributed by atoms with Gasteiger partial charge in [0.2, 0.25) is 0 Å². The van der Waals surface area contributed by atoms with Gasteiger partial charge in [0.1, 0.15) is 18.8 Å². The van der Waals surface area contributed by atoms with Gasteiger partial charge in [-0.05, 0) is 81.9 Å². The standard InChI is InChI=1S/C38H61NO10/c1-25-9-12-30(48-35(40)47-22-21-46-20-19-45-18-17-44-16-15-42-7)33-31(25)38-13-14-39(24-27-10-11-27)26(2)28(38)23-29(32(43-8)34(38)49-33)37(6,41)36(3,4)5/h9,12,26-29,32,34,41H,10-11,13-24H2,1-8H3/t26?,28?,29?,32?,34-,37?,38?/m0/s1. The first-order valence-electron chi connectivity index (χ1n) is 18.2. The number of ether oxygens (including phenoxy) is 8. The molecule has 1 aromatic rings. The summed E-state index contributed by atoms with van der Waals surface area (Å²) in [6, 6.07) is 4.10. The molecule has 1 N–H and O–H groups in total. The molecule has 0 amide bonds. The van der Waals surface area contributed by atoms with Gasteiger partial charge >= 0.3 is 6.16 Å². The summed E-state index contributed by atoms with van der Waals surface area (Å²) in [5.41, 5.74) is 0.476. The van der Waals surface area contributed by atoms with E-state index >= 15 is 0 Å². The zero-order valence-corrected chi connectivity index (χ0v) is 31.1. The highest BCUT2D eigenvalue weighted by Crippen LogP contribution is 2.64. The minimum atomic E-state index is -1.01. The van der Waals surface area contributed by atoms with E-state index in [9.17, 15) is 9.90 Å². The predicted octanol–water partition coefficient (Wildman–Crippen LogP) is 5.16. The molecular formula is C38H61NO10. The van der Waals surface area contributed by atoms with Crippen molar-refractivity contribution in [2.24, 2.45) is 23.2 Å². The highest BCUT2D eigenvalue weighted by Gasteiger charge is 2.68. The van der Waals surface area contributed by atoms with Gasteiger partial charge in [-0.25, -0.2) is 4.79 Å². The largest absolute Gasteiger partial charge is 0.514 e. The average molecular weight is 692 g/mol. The number of methoxy groups -OCH3 is 2. The summed E-state index contributed by atoms with van der Waals surface area (Å²) >= 11 is 0. The lowest BCUT2D eigenvalue weighted by atomic mass is 9.49. The third-order valence-corrected chi connectivity index (χ3v) is 11.9. The number of likely N-dealkylation sites (tertiary alicyclic amines) is 1. The summed E-state index contributed by atoms with van der Waals surface area (Å²) in [5, 5.41) is 12.2. The first-order chi connectivity index (χ1) is 23.4. The van der Waals surface area contributed by atoms with Crippen LogP contribution in [-0.2, 0) is 33.8 Å². The molecular weight excluding hydrogens is 630 g/mol. The monoisotopic (exact) mass is 691 g/mol. The molecule has 49 heavy (non-hydrogen) atoms. The minimum absolute atomic E-state index is 0.0478. The lowest BCUT2D eigenvalue weighted by molar-refractivity contribution is -0.203. The van der Waals surface area contributed by atoms with Crippen LogP contribution in [-0.4, -0.2) is 120 Å². The second kappa shape index (κ2) is 16.1. The molecule has 3 fully saturated rings. The Morgan fingerprint density at radius 3 is 2.20 bits per heavy atom. The summed E-state index contributed by atoms with van der Waals surface area (Å²) < 4.78 is 45.8. The Labute approximate surface area is 293 Å². The molecule has 0 radical (unpaired) electrons. The Balaban J connectivity index is 1.28. The average Bonchev–Trinajstić information content (AvgIpc) is 3.81. The smallest absolute Gasteiger partial charge is 0.483 e. The molecule has 0 bridgehead atoms. The quantitative estimate of drug-likeness (QED) is 0.133. The normalized spacial score (nSPS) is 29.4. The minimum Gasteiger partial charge on any atom is -0.483 e. The third kappa shape index (κ3) is 8.08. The second-order valence-corrected chi connectivity index (χ2v) is 15.7. The number of fused-ring (bicyclic) bond motifs is 1. The van der Waals surface area contributed by atoms with Crippen molar-refractivity contribution in [3.63, 3.8) is 0 Å². The SMILES string of the molecule is COCCOCCOCCOCCOC(=O)Oc1ccc(C)c2c1O[C@H]1C(OC)C(C(C)(O)C(C)(C)C)CC3C(C)N(CC4CC4)CCC231. The van der Waals surface area contributed by atoms with Crippen molar-refractivity contribution in [2.45, 2.75) is 96.5 Å². The van der Waals surface area contributed by atoms with Crippen LogP contribution in [0.15, 0.2) is 12.1 Å². The van der Waals surface area contributed by atoms with Gasteiger partial charge in [0.15, 0.2) is 11.5 Å². The maximum absolute atomic E-state index is 12.9. The van der Waals surface area contributed by atoms with Crippen LogP contribution in [0, 0.1) is 30.1 Å². The fraction of sp³-hybridized carbons (Fsp3) is 0.816. The second-order valence-electron chi connectivity index (χ2n) is 15.7. The molecule has 2 saturated carbocycles. The lowest BCUT2D eigenvalue weighted by Crippen LogP contribution is -2.69. The zero-order chi connectivity index (χ0) is 35.4. The number of benzene rings is 1. The maximum atomic E-state index is 12.9. The van der Waals surface area contributed by atoms with Crippen molar-refractivity contribution < 1.29 is 47.8 Å². The Hall–Kier alpha value is -1.99. The number of aliphatic hydroxyl groups is 1. The van der Waals surface area contributed by atoms with E-state index in [0.29, 0.717) is 51.1 Å². The van der Waals surface area contributed by atoms with Crippen molar-refractivity contribution in [1.82, 2.24) is 4.90 Å². The van der Waals surface area contributed by atoms with Gasteiger partial charge in [-0.2, -0.15) is 0 Å². The van der Waals surface area contributed by atoms with Crippen molar-refractivity contribution in [1.29, 1.82) is 0 Å². The van der Waals surface area contributed by atoms with E-state index in [2.05, 4.69) is 39.5 Å². The summed E-state index contributed by atoms with van der Waals surface area (Å²) in [7, 11) is 3.37. The summed E-state index contributed by atoms with van der Waals surface area (Å²) in [6.45, 7) is 17.9. The van der Waals surface area contributed by atoms with E-state index in [-0.39, 0.29) is 54.1 Å². The Morgan fingerprint density at radius 1 is 0.980 bits per heavy atom. The molecule has 4 aliphatic rings. The summed E-state index contributed by atoms with van der Waals surface area (Å²) in [4.78, 5) is 15.6. The molecule has 11 nitrogen and oxygen atoms in total. The molecule has 2 aliphatic carbocycles. The van der Waals surface area contributed by atoms with Crippen LogP contribution in [0.25, 0.3) is 0 Å². The number of hydrogen-bond acceptors (Lipinski definition) is 11. The molecule has 7 atom stereocenters. The van der Waals surface area contributed by atoms with E-state index in [1.54, 1.807) is 20.3 Å². The number of carbonyl (C=O) groups excluding carboxylic acids is 1. The Kier molecular flexibility index (Phi) is 12.6. The van der Waals surface area contributed by atoms with Gasteiger partial charge in [-0.15, -0.1) is 0 Å². The van der Waals surface area contributed by atoms with Gasteiger partial charge in [-0.1, -0.05) is 26.8 Å². The van der Waals surface area contributed by atoms with Crippen molar-refractivity contribution in [3.05, 3.63) is 23.3 Å². The van der Waals surface area contributed by atoms with E-state index in [1.807, 2.05) is 13.0 Å². The van der Waals surface area contributed by atoms with Crippen LogP contribution in [0.5, 0.6) is 11.5 Å². The Morgan fingerprint density at radius 2 is 1.61 bits per heavy atom. The molecule has 11 heteroatoms. The van der Waals surface area contributed by atoms with Gasteiger partial charge in [0, 0.05) is 43.7 Å². The van der Waals surface area contributed by atoms with Crippen LogP contribution in [0.3, 0.4) is 0 Å². The molecule has 0 aromatic heterocycles. The van der Waals surface area contributed by atoms with E-state index in [4.69, 9.17) is 37.9 Å². The topological polar surface area (TPSA) is 114 Å². The number of piperidine rings is 1. The lowest BCUT2D eigenvalue weighted by Gasteiger charge is -2.61. The van der Waals surface area contributed by atoms with Crippen LogP contribution < -0.4 is 9.47 Å². The summed E-state index contributed by atoms with van der Waals surface area (Å²) in [5.74, 6) is 1.77. The van der Waals surface area contributed by atoms with Crippen LogP contribution in [0.2, 0.25) is 0 Å². The van der Waals surface area contributed by atoms with E-state index in [1.165, 1.54) is 12.8 Å². The maximum Gasteiger partial charge on any atom is 0.514 e. The molecule has 278 valence electrons. The first kappa shape index (κ1) is 38.2. The molecule has 2 aliphatic heterocycles. The fourth-order valence-electron chi connectivity index (χ4n) is 8.53. The number of aryl methyl sites for hydroxylation is 1. The van der Waals surface area contributed by atoms with Crippen molar-refractivity contribution in [3.8, 4) is 11.5 Å². The molecule has 2 heterocycles. The van der Waals surface area contributed by atoms with Gasteiger partial charge in [0.05, 0.1) is 51.8 Å². The predicted molar refractivity (Wildman–Crippen MR) is 184 cm³/mol. The highest BCUT2D eigenvalue weighted by molar-refractivity contribution is 5.68. The number of hydrogen-bond donors (Lipinski definition) is 1. The number of nitrogens with zero attached hydrogens (tertiary/aromatic N) is 1. The van der Waals surface area contributed by atoms with Crippen LogP contribution in [0.1, 0.15) is 71.4 Å². The molecule has 1 aromatic carbocycles. The Bertz CT molecular complexity index is 1250. The van der Waals surface area contributed by atoms with Crippen molar-refractivity contribution >= 4 is 6.16 Å². The van der Waals surface area contributed by atoms with Gasteiger partial charge in [-0.3, -0.25) is 0 Å². The van der Waals surface area contributed by atoms with Gasteiger partial charge < -0.3 is 47.9 Å². The van der Waals surface area contributed by atoms with E-state index in [0.717, 1.165) is 43.0 Å². The molecule has 1 saturated heterocycles. The van der Waals surface area contributed by atoms with Gasteiger partial charge in [0.25, 0.3) is 0 Å². The molecule has 1 spiro atoms. The fourth-order valence-corrected chi connectivity index (χ4v) is 8.53. The van der Waals surface area contributed by atoms with E-state index < -0.39 is 11.8 Å². The zero-order valence-electron chi connectivity index (χ0n) is 31.1.